The number of nitrogens with one attached hydrogen (secondary N) is 2. The molecule has 1 fully saturated rings. The van der Waals surface area contributed by atoms with Crippen LogP contribution in [0.1, 0.15) is 26.3 Å². The van der Waals surface area contributed by atoms with Gasteiger partial charge in [-0.1, -0.05) is 37.3 Å². The monoisotopic (exact) mass is 289 g/mol. The van der Waals surface area contributed by atoms with Crippen LogP contribution < -0.4 is 10.9 Å². The Morgan fingerprint density at radius 2 is 1.76 bits per heavy atom. The minimum absolute atomic E-state index is 0.0262. The molecule has 1 aliphatic rings. The first-order chi connectivity index (χ1) is 10.0. The summed E-state index contributed by atoms with van der Waals surface area (Å²) in [4.78, 5) is 14.5. The van der Waals surface area contributed by atoms with Gasteiger partial charge in [0.05, 0.1) is 0 Å². The summed E-state index contributed by atoms with van der Waals surface area (Å²) in [6.07, 6.45) is 0.905. The second kappa shape index (κ2) is 7.05. The Bertz CT molecular complexity index is 452. The summed E-state index contributed by atoms with van der Waals surface area (Å²) in [6.45, 7) is 7.08. The molecular formula is C17H27N3O. The highest BCUT2D eigenvalue weighted by atomic mass is 16.2. The maximum atomic E-state index is 12.6. The van der Waals surface area contributed by atoms with Crippen molar-refractivity contribution in [3.8, 4) is 0 Å². The molecule has 1 aliphatic heterocycles. The second-order valence-corrected chi connectivity index (χ2v) is 6.23. The van der Waals surface area contributed by atoms with Crippen molar-refractivity contribution in [2.24, 2.45) is 11.8 Å². The van der Waals surface area contributed by atoms with E-state index in [0.29, 0.717) is 18.0 Å². The SMILES string of the molecule is CC1NNC(C)C1C(C)C(=O)N(C)CCc1ccccc1. The smallest absolute Gasteiger partial charge is 0.225 e. The largest absolute Gasteiger partial charge is 0.345 e. The normalized spacial score (nSPS) is 26.6. The number of benzene rings is 1. The summed E-state index contributed by atoms with van der Waals surface area (Å²) in [5, 5.41) is 0. The Balaban J connectivity index is 1.89. The molecule has 21 heavy (non-hydrogen) atoms. The van der Waals surface area contributed by atoms with Crippen LogP contribution in [0.25, 0.3) is 0 Å². The molecule has 0 saturated carbocycles. The van der Waals surface area contributed by atoms with E-state index in [2.05, 4.69) is 36.8 Å². The number of carbonyl (C=O) groups excluding carboxylic acids is 1. The Labute approximate surface area is 127 Å². The standard InChI is InChI=1S/C17H27N3O/c1-12(16-13(2)18-19-14(16)3)17(21)20(4)11-10-15-8-6-5-7-9-15/h5-9,12-14,16,18-19H,10-11H2,1-4H3. The van der Waals surface area contributed by atoms with Gasteiger partial charge in [0.25, 0.3) is 0 Å². The van der Waals surface area contributed by atoms with E-state index in [1.54, 1.807) is 0 Å². The molecule has 1 saturated heterocycles. The Morgan fingerprint density at radius 1 is 1.19 bits per heavy atom. The van der Waals surface area contributed by atoms with Crippen LogP contribution >= 0.6 is 0 Å². The quantitative estimate of drug-likeness (QED) is 0.869. The van der Waals surface area contributed by atoms with E-state index in [4.69, 9.17) is 0 Å². The molecule has 2 N–H and O–H groups in total. The number of hydrogen-bond donors (Lipinski definition) is 2. The minimum atomic E-state index is 0.0262. The summed E-state index contributed by atoms with van der Waals surface area (Å²) in [7, 11) is 1.91. The molecule has 0 bridgehead atoms. The van der Waals surface area contributed by atoms with Gasteiger partial charge in [0, 0.05) is 37.5 Å². The van der Waals surface area contributed by atoms with Crippen molar-refractivity contribution in [3.63, 3.8) is 0 Å². The van der Waals surface area contributed by atoms with Gasteiger partial charge >= 0.3 is 0 Å². The van der Waals surface area contributed by atoms with Gasteiger partial charge in [-0.3, -0.25) is 15.6 Å². The minimum Gasteiger partial charge on any atom is -0.345 e. The molecule has 0 spiro atoms. The first kappa shape index (κ1) is 16.0. The first-order valence-electron chi connectivity index (χ1n) is 7.80. The molecule has 3 unspecified atom stereocenters. The van der Waals surface area contributed by atoms with Gasteiger partial charge in [-0.2, -0.15) is 0 Å². The highest BCUT2D eigenvalue weighted by Gasteiger charge is 2.38. The van der Waals surface area contributed by atoms with Crippen molar-refractivity contribution >= 4 is 5.91 Å². The van der Waals surface area contributed by atoms with E-state index in [9.17, 15) is 4.79 Å². The Hall–Kier alpha value is -1.39. The number of rotatable bonds is 5. The van der Waals surface area contributed by atoms with E-state index in [-0.39, 0.29) is 11.8 Å². The fraction of sp³-hybridized carbons (Fsp3) is 0.588. The fourth-order valence-corrected chi connectivity index (χ4v) is 3.32. The maximum Gasteiger partial charge on any atom is 0.225 e. The van der Waals surface area contributed by atoms with Crippen LogP contribution in [-0.2, 0) is 11.2 Å². The van der Waals surface area contributed by atoms with Crippen LogP contribution in [0.15, 0.2) is 30.3 Å². The Morgan fingerprint density at radius 3 is 2.33 bits per heavy atom. The lowest BCUT2D eigenvalue weighted by atomic mass is 9.83. The van der Waals surface area contributed by atoms with Crippen molar-refractivity contribution in [2.75, 3.05) is 13.6 Å². The molecule has 0 radical (unpaired) electrons. The van der Waals surface area contributed by atoms with Crippen molar-refractivity contribution in [2.45, 2.75) is 39.3 Å². The highest BCUT2D eigenvalue weighted by molar-refractivity contribution is 5.78. The number of amides is 1. The third-order valence-electron chi connectivity index (χ3n) is 4.62. The van der Waals surface area contributed by atoms with Gasteiger partial charge in [0.2, 0.25) is 5.91 Å². The zero-order valence-corrected chi connectivity index (χ0v) is 13.5. The molecule has 116 valence electrons. The third-order valence-corrected chi connectivity index (χ3v) is 4.62. The summed E-state index contributed by atoms with van der Waals surface area (Å²) < 4.78 is 0. The second-order valence-electron chi connectivity index (χ2n) is 6.23. The van der Waals surface area contributed by atoms with Crippen molar-refractivity contribution in [3.05, 3.63) is 35.9 Å². The van der Waals surface area contributed by atoms with Crippen LogP contribution in [0.3, 0.4) is 0 Å². The van der Waals surface area contributed by atoms with Crippen LogP contribution in [0.5, 0.6) is 0 Å². The Kier molecular flexibility index (Phi) is 5.37. The van der Waals surface area contributed by atoms with Gasteiger partial charge in [0.1, 0.15) is 0 Å². The maximum absolute atomic E-state index is 12.6. The van der Waals surface area contributed by atoms with Gasteiger partial charge in [-0.05, 0) is 25.8 Å². The van der Waals surface area contributed by atoms with E-state index in [1.807, 2.05) is 37.1 Å². The van der Waals surface area contributed by atoms with E-state index < -0.39 is 0 Å². The van der Waals surface area contributed by atoms with E-state index >= 15 is 0 Å². The lowest BCUT2D eigenvalue weighted by molar-refractivity contribution is -0.135. The number of nitrogens with zero attached hydrogens (tertiary/aromatic N) is 1. The topological polar surface area (TPSA) is 44.4 Å². The zero-order valence-electron chi connectivity index (χ0n) is 13.5. The molecule has 1 amide bonds. The zero-order chi connectivity index (χ0) is 15.4. The van der Waals surface area contributed by atoms with Crippen molar-refractivity contribution in [1.29, 1.82) is 0 Å². The molecule has 0 aliphatic carbocycles. The lowest BCUT2D eigenvalue weighted by Crippen LogP contribution is -2.41. The molecule has 3 atom stereocenters. The fourth-order valence-electron chi connectivity index (χ4n) is 3.32. The molecule has 4 heteroatoms. The summed E-state index contributed by atoms with van der Waals surface area (Å²) in [5.74, 6) is 0.593. The lowest BCUT2D eigenvalue weighted by Gasteiger charge is -2.28. The van der Waals surface area contributed by atoms with Crippen molar-refractivity contribution < 1.29 is 4.79 Å². The number of likely N-dealkylation sites (N-methyl/N-ethyl adjacent to an activating group) is 1. The molecule has 4 nitrogen and oxygen atoms in total. The van der Waals surface area contributed by atoms with Crippen LogP contribution in [-0.4, -0.2) is 36.5 Å². The first-order valence-corrected chi connectivity index (χ1v) is 7.80. The number of hydrogen-bond acceptors (Lipinski definition) is 3. The summed E-state index contributed by atoms with van der Waals surface area (Å²) in [6, 6.07) is 11.0. The third kappa shape index (κ3) is 3.83. The van der Waals surface area contributed by atoms with Crippen LogP contribution in [0, 0.1) is 11.8 Å². The van der Waals surface area contributed by atoms with Gasteiger partial charge in [0.15, 0.2) is 0 Å². The molecule has 0 aromatic heterocycles. The highest BCUT2D eigenvalue weighted by Crippen LogP contribution is 2.25. The van der Waals surface area contributed by atoms with Gasteiger partial charge in [-0.25, -0.2) is 0 Å². The number of hydrazine groups is 1. The molecule has 1 aromatic carbocycles. The summed E-state index contributed by atoms with van der Waals surface area (Å²) >= 11 is 0. The van der Waals surface area contributed by atoms with E-state index in [0.717, 1.165) is 13.0 Å². The van der Waals surface area contributed by atoms with Gasteiger partial charge < -0.3 is 4.90 Å². The predicted molar refractivity (Wildman–Crippen MR) is 85.6 cm³/mol. The number of carbonyl (C=O) groups is 1. The van der Waals surface area contributed by atoms with Crippen molar-refractivity contribution in [1.82, 2.24) is 15.8 Å². The molecule has 2 rings (SSSR count). The molecular weight excluding hydrogens is 262 g/mol. The summed E-state index contributed by atoms with van der Waals surface area (Å²) in [5.41, 5.74) is 7.74. The molecule has 1 aromatic rings. The average molecular weight is 289 g/mol. The van der Waals surface area contributed by atoms with E-state index in [1.165, 1.54) is 5.56 Å². The van der Waals surface area contributed by atoms with Crippen LogP contribution in [0.4, 0.5) is 0 Å². The van der Waals surface area contributed by atoms with Crippen LogP contribution in [0.2, 0.25) is 0 Å². The molecule has 1 heterocycles. The average Bonchev–Trinajstić information content (AvgIpc) is 2.83. The predicted octanol–water partition coefficient (Wildman–Crippen LogP) is 1.82. The van der Waals surface area contributed by atoms with Gasteiger partial charge in [-0.15, -0.1) is 0 Å².